The van der Waals surface area contributed by atoms with Gasteiger partial charge in [0.25, 0.3) is 5.91 Å². The number of benzene rings is 2. The van der Waals surface area contributed by atoms with Gasteiger partial charge in [-0.1, -0.05) is 6.07 Å². The molecule has 2 aromatic carbocycles. The first-order valence-electron chi connectivity index (χ1n) is 10.3. The molecule has 8 heteroatoms. The first-order chi connectivity index (χ1) is 15.9. The third-order valence-corrected chi connectivity index (χ3v) is 5.11. The van der Waals surface area contributed by atoms with Crippen LogP contribution in [0.4, 0.5) is 0 Å². The minimum absolute atomic E-state index is 0.352. The third-order valence-electron chi connectivity index (χ3n) is 5.11. The monoisotopic (exact) mass is 452 g/mol. The summed E-state index contributed by atoms with van der Waals surface area (Å²) in [4.78, 5) is 12.7. The summed E-state index contributed by atoms with van der Waals surface area (Å²) in [5.41, 5.74) is 5.40. The van der Waals surface area contributed by atoms with Gasteiger partial charge in [0.05, 0.1) is 39.7 Å². The Morgan fingerprint density at radius 1 is 0.848 bits per heavy atom. The van der Waals surface area contributed by atoms with Crippen LogP contribution in [-0.2, 0) is 6.42 Å². The molecule has 174 valence electrons. The smallest absolute Gasteiger partial charge is 0.274 e. The lowest BCUT2D eigenvalue weighted by molar-refractivity contribution is 0.0953. The second-order valence-corrected chi connectivity index (χ2v) is 7.26. The lowest BCUT2D eigenvalue weighted by Gasteiger charge is -2.13. The van der Waals surface area contributed by atoms with Crippen LogP contribution in [0.15, 0.2) is 52.0 Å². The Hall–Kier alpha value is -3.94. The van der Waals surface area contributed by atoms with Gasteiger partial charge in [0.1, 0.15) is 11.5 Å². The van der Waals surface area contributed by atoms with Gasteiger partial charge >= 0.3 is 0 Å². The summed E-state index contributed by atoms with van der Waals surface area (Å²) < 4.78 is 27.0. The van der Waals surface area contributed by atoms with Gasteiger partial charge in [0.2, 0.25) is 0 Å². The summed E-state index contributed by atoms with van der Waals surface area (Å²) in [5.74, 6) is 3.23. The molecule has 0 aliphatic carbocycles. The SMILES string of the molecule is COc1ccc(C/C(=N\NC(=O)c2cc(C)oc2C)c2ccc(OC)c(OC)c2)cc1OC. The number of carbonyl (C=O) groups is 1. The normalized spacial score (nSPS) is 11.2. The van der Waals surface area contributed by atoms with Crippen LogP contribution < -0.4 is 24.4 Å². The number of nitrogens with one attached hydrogen (secondary N) is 1. The fraction of sp³-hybridized carbons (Fsp3) is 0.280. The first-order valence-corrected chi connectivity index (χ1v) is 10.3. The number of carbonyl (C=O) groups excluding carboxylic acids is 1. The van der Waals surface area contributed by atoms with E-state index in [9.17, 15) is 4.79 Å². The highest BCUT2D eigenvalue weighted by Crippen LogP contribution is 2.30. The van der Waals surface area contributed by atoms with Crippen molar-refractivity contribution < 1.29 is 28.2 Å². The number of nitrogens with zero attached hydrogens (tertiary/aromatic N) is 1. The number of hydrogen-bond acceptors (Lipinski definition) is 7. The van der Waals surface area contributed by atoms with Crippen LogP contribution in [0.3, 0.4) is 0 Å². The van der Waals surface area contributed by atoms with E-state index in [1.165, 1.54) is 0 Å². The van der Waals surface area contributed by atoms with Crippen molar-refractivity contribution in [2.24, 2.45) is 5.10 Å². The number of hydrogen-bond donors (Lipinski definition) is 1. The molecule has 0 spiro atoms. The molecule has 33 heavy (non-hydrogen) atoms. The molecule has 0 atom stereocenters. The Bertz CT molecular complexity index is 1170. The number of rotatable bonds is 9. The molecule has 0 radical (unpaired) electrons. The summed E-state index contributed by atoms with van der Waals surface area (Å²) in [5, 5.41) is 4.45. The zero-order valence-electron chi connectivity index (χ0n) is 19.6. The van der Waals surface area contributed by atoms with Crippen LogP contribution in [0.2, 0.25) is 0 Å². The Morgan fingerprint density at radius 2 is 1.45 bits per heavy atom. The Morgan fingerprint density at radius 3 is 2.03 bits per heavy atom. The van der Waals surface area contributed by atoms with Gasteiger partial charge in [-0.15, -0.1) is 0 Å². The molecule has 0 bridgehead atoms. The van der Waals surface area contributed by atoms with Crippen LogP contribution in [-0.4, -0.2) is 40.1 Å². The molecule has 0 fully saturated rings. The van der Waals surface area contributed by atoms with Crippen LogP contribution >= 0.6 is 0 Å². The molecule has 1 aromatic heterocycles. The van der Waals surface area contributed by atoms with Crippen LogP contribution in [0, 0.1) is 13.8 Å². The van der Waals surface area contributed by atoms with Gasteiger partial charge in [-0.3, -0.25) is 4.79 Å². The average molecular weight is 453 g/mol. The number of hydrazone groups is 1. The van der Waals surface area contributed by atoms with Crippen molar-refractivity contribution in [2.75, 3.05) is 28.4 Å². The molecule has 1 amide bonds. The number of ether oxygens (including phenoxy) is 4. The molecule has 0 aliphatic heterocycles. The summed E-state index contributed by atoms with van der Waals surface area (Å²) in [6, 6.07) is 12.8. The van der Waals surface area contributed by atoms with Gasteiger partial charge in [-0.25, -0.2) is 5.43 Å². The Labute approximate surface area is 193 Å². The first kappa shape index (κ1) is 23.7. The summed E-state index contributed by atoms with van der Waals surface area (Å²) >= 11 is 0. The fourth-order valence-electron chi connectivity index (χ4n) is 3.44. The van der Waals surface area contributed by atoms with Crippen molar-refractivity contribution in [3.63, 3.8) is 0 Å². The van der Waals surface area contributed by atoms with E-state index in [4.69, 9.17) is 23.4 Å². The fourth-order valence-corrected chi connectivity index (χ4v) is 3.44. The maximum atomic E-state index is 12.7. The maximum Gasteiger partial charge on any atom is 0.274 e. The topological polar surface area (TPSA) is 91.5 Å². The molecular formula is C25H28N2O6. The molecule has 0 aliphatic rings. The molecule has 3 aromatic rings. The highest BCUT2D eigenvalue weighted by Gasteiger charge is 2.16. The van der Waals surface area contributed by atoms with E-state index in [0.29, 0.717) is 52.2 Å². The van der Waals surface area contributed by atoms with Gasteiger partial charge < -0.3 is 23.4 Å². The summed E-state index contributed by atoms with van der Waals surface area (Å²) in [7, 11) is 6.31. The zero-order valence-corrected chi connectivity index (χ0v) is 19.6. The lowest BCUT2D eigenvalue weighted by atomic mass is 10.0. The molecule has 8 nitrogen and oxygen atoms in total. The Balaban J connectivity index is 1.98. The highest BCUT2D eigenvalue weighted by molar-refractivity contribution is 6.04. The third kappa shape index (κ3) is 5.46. The van der Waals surface area contributed by atoms with E-state index >= 15 is 0 Å². The van der Waals surface area contributed by atoms with E-state index < -0.39 is 0 Å². The quantitative estimate of drug-likeness (QED) is 0.384. The number of amides is 1. The minimum Gasteiger partial charge on any atom is -0.493 e. The predicted molar refractivity (Wildman–Crippen MR) is 125 cm³/mol. The van der Waals surface area contributed by atoms with E-state index in [1.807, 2.05) is 30.3 Å². The van der Waals surface area contributed by atoms with Crippen molar-refractivity contribution in [1.82, 2.24) is 5.43 Å². The standard InChI is InChI=1S/C25H28N2O6/c1-15-11-19(16(2)33-15)25(28)27-26-20(18-8-10-22(30-4)24(14-18)32-6)12-17-7-9-21(29-3)23(13-17)31-5/h7-11,13-14H,12H2,1-6H3,(H,27,28)/b26-20+. The van der Waals surface area contributed by atoms with Crippen molar-refractivity contribution in [2.45, 2.75) is 20.3 Å². The molecule has 1 N–H and O–H groups in total. The average Bonchev–Trinajstić information content (AvgIpc) is 3.18. The van der Waals surface area contributed by atoms with Crippen LogP contribution in [0.5, 0.6) is 23.0 Å². The minimum atomic E-state index is -0.352. The number of furan rings is 1. The molecule has 0 saturated carbocycles. The van der Waals surface area contributed by atoms with Crippen molar-refractivity contribution in [3.8, 4) is 23.0 Å². The number of methoxy groups -OCH3 is 4. The van der Waals surface area contributed by atoms with Crippen LogP contribution in [0.1, 0.15) is 33.0 Å². The van der Waals surface area contributed by atoms with Crippen LogP contribution in [0.25, 0.3) is 0 Å². The largest absolute Gasteiger partial charge is 0.493 e. The molecule has 3 rings (SSSR count). The lowest BCUT2D eigenvalue weighted by Crippen LogP contribution is -2.21. The van der Waals surface area contributed by atoms with E-state index in [2.05, 4.69) is 10.5 Å². The summed E-state index contributed by atoms with van der Waals surface area (Å²) in [6.45, 7) is 3.53. The van der Waals surface area contributed by atoms with Gasteiger partial charge in [0.15, 0.2) is 23.0 Å². The van der Waals surface area contributed by atoms with Crippen molar-refractivity contribution in [3.05, 3.63) is 70.7 Å². The maximum absolute atomic E-state index is 12.7. The molecule has 1 heterocycles. The number of aryl methyl sites for hydroxylation is 2. The van der Waals surface area contributed by atoms with Gasteiger partial charge in [-0.05, 0) is 55.8 Å². The van der Waals surface area contributed by atoms with E-state index in [-0.39, 0.29) is 5.91 Å². The zero-order chi connectivity index (χ0) is 24.0. The summed E-state index contributed by atoms with van der Waals surface area (Å²) in [6.07, 6.45) is 0.416. The second-order valence-electron chi connectivity index (χ2n) is 7.26. The van der Waals surface area contributed by atoms with Gasteiger partial charge in [-0.2, -0.15) is 5.10 Å². The second kappa shape index (κ2) is 10.6. The van der Waals surface area contributed by atoms with Gasteiger partial charge in [0, 0.05) is 12.0 Å². The van der Waals surface area contributed by atoms with Crippen molar-refractivity contribution >= 4 is 11.6 Å². The Kier molecular flexibility index (Phi) is 7.61. The van der Waals surface area contributed by atoms with E-state index in [1.54, 1.807) is 54.4 Å². The highest BCUT2D eigenvalue weighted by atomic mass is 16.5. The van der Waals surface area contributed by atoms with E-state index in [0.717, 1.165) is 11.1 Å². The molecule has 0 saturated heterocycles. The molecule has 0 unspecified atom stereocenters. The molecular weight excluding hydrogens is 424 g/mol. The predicted octanol–water partition coefficient (Wildman–Crippen LogP) is 4.31. The van der Waals surface area contributed by atoms with Crippen molar-refractivity contribution in [1.29, 1.82) is 0 Å².